The van der Waals surface area contributed by atoms with Crippen molar-refractivity contribution in [2.45, 2.75) is 42.3 Å². The molecule has 0 saturated heterocycles. The van der Waals surface area contributed by atoms with Gasteiger partial charge in [-0.05, 0) is 31.8 Å². The van der Waals surface area contributed by atoms with E-state index < -0.39 is 5.54 Å². The maximum absolute atomic E-state index is 8.80. The van der Waals surface area contributed by atoms with E-state index in [0.717, 1.165) is 10.2 Å². The van der Waals surface area contributed by atoms with Gasteiger partial charge in [-0.1, -0.05) is 18.7 Å². The standard InChI is InChI=1S/C9H14N4S2/c1-6(4-9(3,11)5-10)14-8-12-7(2)13-15-8/h6H,4,11H2,1-3H3. The number of nitrogens with two attached hydrogens (primary N) is 1. The predicted molar refractivity (Wildman–Crippen MR) is 62.8 cm³/mol. The molecule has 0 aliphatic rings. The Morgan fingerprint density at radius 3 is 2.87 bits per heavy atom. The SMILES string of the molecule is Cc1nsc(SC(C)CC(C)(N)C#N)n1. The molecule has 0 spiro atoms. The summed E-state index contributed by atoms with van der Waals surface area (Å²) in [5.74, 6) is 0.797. The molecule has 1 heterocycles. The van der Waals surface area contributed by atoms with Crippen LogP contribution in [0.4, 0.5) is 0 Å². The van der Waals surface area contributed by atoms with E-state index in [1.165, 1.54) is 11.5 Å². The van der Waals surface area contributed by atoms with Crippen LogP contribution in [0.1, 0.15) is 26.1 Å². The van der Waals surface area contributed by atoms with Crippen molar-refractivity contribution in [1.29, 1.82) is 5.26 Å². The van der Waals surface area contributed by atoms with Crippen molar-refractivity contribution in [2.24, 2.45) is 5.73 Å². The van der Waals surface area contributed by atoms with Crippen molar-refractivity contribution in [3.8, 4) is 6.07 Å². The molecule has 0 radical (unpaired) electrons. The second kappa shape index (κ2) is 4.92. The number of nitrogens with zero attached hydrogens (tertiary/aromatic N) is 3. The lowest BCUT2D eigenvalue weighted by molar-refractivity contribution is 0.545. The summed E-state index contributed by atoms with van der Waals surface area (Å²) in [7, 11) is 0. The molecule has 0 fully saturated rings. The van der Waals surface area contributed by atoms with Gasteiger partial charge < -0.3 is 5.73 Å². The number of nitriles is 1. The minimum Gasteiger partial charge on any atom is -0.314 e. The minimum atomic E-state index is -0.758. The van der Waals surface area contributed by atoms with Gasteiger partial charge in [-0.25, -0.2) is 4.98 Å². The van der Waals surface area contributed by atoms with E-state index in [1.807, 2.05) is 13.8 Å². The summed E-state index contributed by atoms with van der Waals surface area (Å²) in [4.78, 5) is 4.25. The Hall–Kier alpha value is -0.640. The van der Waals surface area contributed by atoms with Gasteiger partial charge >= 0.3 is 0 Å². The minimum absolute atomic E-state index is 0.270. The third-order valence-corrected chi connectivity index (χ3v) is 3.76. The zero-order valence-electron chi connectivity index (χ0n) is 9.02. The first kappa shape index (κ1) is 12.4. The smallest absolute Gasteiger partial charge is 0.170 e. The molecule has 82 valence electrons. The van der Waals surface area contributed by atoms with Crippen molar-refractivity contribution in [3.63, 3.8) is 0 Å². The normalized spacial score (nSPS) is 16.7. The van der Waals surface area contributed by atoms with Gasteiger partial charge in [0.25, 0.3) is 0 Å². The summed E-state index contributed by atoms with van der Waals surface area (Å²) in [5, 5.41) is 9.07. The highest BCUT2D eigenvalue weighted by molar-refractivity contribution is 8.01. The molecular formula is C9H14N4S2. The number of aromatic nitrogens is 2. The van der Waals surface area contributed by atoms with E-state index in [9.17, 15) is 0 Å². The van der Waals surface area contributed by atoms with Crippen LogP contribution >= 0.6 is 23.3 Å². The molecule has 0 amide bonds. The molecule has 0 aliphatic heterocycles. The topological polar surface area (TPSA) is 75.6 Å². The van der Waals surface area contributed by atoms with Crippen LogP contribution in [-0.4, -0.2) is 20.1 Å². The summed E-state index contributed by atoms with van der Waals surface area (Å²) in [5.41, 5.74) is 5.01. The molecule has 1 rings (SSSR count). The van der Waals surface area contributed by atoms with Crippen LogP contribution in [0.3, 0.4) is 0 Å². The van der Waals surface area contributed by atoms with Crippen LogP contribution in [0.15, 0.2) is 4.34 Å². The Balaban J connectivity index is 2.50. The summed E-state index contributed by atoms with van der Waals surface area (Å²) in [6.45, 7) is 5.66. The molecule has 0 bridgehead atoms. The van der Waals surface area contributed by atoms with Gasteiger partial charge in [0.05, 0.1) is 6.07 Å². The average Bonchev–Trinajstić information content (AvgIpc) is 2.50. The number of hydrogen-bond donors (Lipinski definition) is 1. The second-order valence-electron chi connectivity index (χ2n) is 3.77. The van der Waals surface area contributed by atoms with E-state index >= 15 is 0 Å². The molecule has 6 heteroatoms. The van der Waals surface area contributed by atoms with Crippen LogP contribution < -0.4 is 5.73 Å². The van der Waals surface area contributed by atoms with Crippen LogP contribution in [0.25, 0.3) is 0 Å². The molecule has 0 saturated carbocycles. The molecule has 2 atom stereocenters. The van der Waals surface area contributed by atoms with E-state index in [-0.39, 0.29) is 5.25 Å². The average molecular weight is 242 g/mol. The highest BCUT2D eigenvalue weighted by Gasteiger charge is 2.22. The van der Waals surface area contributed by atoms with E-state index in [0.29, 0.717) is 6.42 Å². The lowest BCUT2D eigenvalue weighted by Gasteiger charge is -2.18. The van der Waals surface area contributed by atoms with Crippen molar-refractivity contribution < 1.29 is 0 Å². The Morgan fingerprint density at radius 1 is 1.73 bits per heavy atom. The molecule has 1 aromatic heterocycles. The molecule has 2 N–H and O–H groups in total. The molecule has 0 aliphatic carbocycles. The Kier molecular flexibility index (Phi) is 4.08. The Labute approximate surface area is 98.1 Å². The van der Waals surface area contributed by atoms with Crippen LogP contribution in [-0.2, 0) is 0 Å². The number of rotatable bonds is 4. The Morgan fingerprint density at radius 2 is 2.40 bits per heavy atom. The molecule has 15 heavy (non-hydrogen) atoms. The zero-order valence-corrected chi connectivity index (χ0v) is 10.7. The second-order valence-corrected chi connectivity index (χ2v) is 6.21. The molecule has 0 aromatic carbocycles. The van der Waals surface area contributed by atoms with E-state index in [4.69, 9.17) is 11.0 Å². The van der Waals surface area contributed by atoms with Gasteiger partial charge in [0.15, 0.2) is 4.34 Å². The van der Waals surface area contributed by atoms with E-state index in [1.54, 1.807) is 18.7 Å². The van der Waals surface area contributed by atoms with Crippen molar-refractivity contribution in [2.75, 3.05) is 0 Å². The van der Waals surface area contributed by atoms with Crippen molar-refractivity contribution in [3.05, 3.63) is 5.82 Å². The van der Waals surface area contributed by atoms with Crippen molar-refractivity contribution in [1.82, 2.24) is 9.36 Å². The first-order chi connectivity index (χ1) is 6.93. The fourth-order valence-electron chi connectivity index (χ4n) is 1.18. The fourth-order valence-corrected chi connectivity index (χ4v) is 3.34. The molecule has 4 nitrogen and oxygen atoms in total. The van der Waals surface area contributed by atoms with E-state index in [2.05, 4.69) is 15.4 Å². The number of hydrogen-bond acceptors (Lipinski definition) is 6. The lowest BCUT2D eigenvalue weighted by atomic mass is 10.00. The van der Waals surface area contributed by atoms with Gasteiger partial charge in [0.1, 0.15) is 11.4 Å². The first-order valence-electron chi connectivity index (χ1n) is 4.60. The molecule has 1 aromatic rings. The molecular weight excluding hydrogens is 228 g/mol. The van der Waals surface area contributed by atoms with Crippen molar-refractivity contribution >= 4 is 23.3 Å². The summed E-state index contributed by atoms with van der Waals surface area (Å²) >= 11 is 3.01. The molecule has 2 unspecified atom stereocenters. The highest BCUT2D eigenvalue weighted by atomic mass is 32.2. The van der Waals surface area contributed by atoms with Crippen LogP contribution in [0, 0.1) is 18.3 Å². The highest BCUT2D eigenvalue weighted by Crippen LogP contribution is 2.28. The summed E-state index contributed by atoms with van der Waals surface area (Å²) < 4.78 is 5.04. The lowest BCUT2D eigenvalue weighted by Crippen LogP contribution is -2.36. The summed E-state index contributed by atoms with van der Waals surface area (Å²) in [6.07, 6.45) is 0.646. The first-order valence-corrected chi connectivity index (χ1v) is 6.25. The quantitative estimate of drug-likeness (QED) is 0.817. The van der Waals surface area contributed by atoms with Gasteiger partial charge in [-0.2, -0.15) is 9.64 Å². The van der Waals surface area contributed by atoms with Gasteiger partial charge in [-0.3, -0.25) is 0 Å². The number of aryl methyl sites for hydroxylation is 1. The summed E-state index contributed by atoms with van der Waals surface area (Å²) in [6, 6.07) is 2.10. The van der Waals surface area contributed by atoms with Crippen LogP contribution in [0.5, 0.6) is 0 Å². The van der Waals surface area contributed by atoms with Gasteiger partial charge in [0.2, 0.25) is 0 Å². The third-order valence-electron chi connectivity index (χ3n) is 1.78. The fraction of sp³-hybridized carbons (Fsp3) is 0.667. The largest absolute Gasteiger partial charge is 0.314 e. The monoisotopic (exact) mass is 242 g/mol. The predicted octanol–water partition coefficient (Wildman–Crippen LogP) is 1.96. The third kappa shape index (κ3) is 4.16. The number of thioether (sulfide) groups is 1. The Bertz CT molecular complexity index is 366. The van der Waals surface area contributed by atoms with Crippen LogP contribution in [0.2, 0.25) is 0 Å². The maximum Gasteiger partial charge on any atom is 0.170 e. The van der Waals surface area contributed by atoms with Gasteiger partial charge in [0, 0.05) is 5.25 Å². The maximum atomic E-state index is 8.80. The zero-order chi connectivity index (χ0) is 11.5. The van der Waals surface area contributed by atoms with Gasteiger partial charge in [-0.15, -0.1) is 0 Å².